The van der Waals surface area contributed by atoms with Gasteiger partial charge in [0.25, 0.3) is 0 Å². The summed E-state index contributed by atoms with van der Waals surface area (Å²) in [4.78, 5) is 4.23. The summed E-state index contributed by atoms with van der Waals surface area (Å²) >= 11 is 0. The molecule has 1 fully saturated rings. The van der Waals surface area contributed by atoms with Crippen LogP contribution < -0.4 is 5.73 Å². The zero-order chi connectivity index (χ0) is 9.10. The van der Waals surface area contributed by atoms with Gasteiger partial charge in [-0.25, -0.2) is 9.67 Å². The summed E-state index contributed by atoms with van der Waals surface area (Å²) in [6.07, 6.45) is 6.33. The summed E-state index contributed by atoms with van der Waals surface area (Å²) in [7, 11) is 0. The fraction of sp³-hybridized carbons (Fsp3) is 0.778. The third-order valence-corrected chi connectivity index (χ3v) is 2.43. The number of aromatic nitrogens is 3. The summed E-state index contributed by atoms with van der Waals surface area (Å²) in [6, 6.07) is 0. The molecule has 0 radical (unpaired) electrons. The second-order valence-electron chi connectivity index (χ2n) is 3.69. The van der Waals surface area contributed by atoms with Crippen molar-refractivity contribution >= 4 is 0 Å². The Morgan fingerprint density at radius 2 is 2.38 bits per heavy atom. The first-order chi connectivity index (χ1) is 6.40. The summed E-state index contributed by atoms with van der Waals surface area (Å²) in [5.41, 5.74) is 5.45. The van der Waals surface area contributed by atoms with Crippen molar-refractivity contribution in [3.8, 4) is 0 Å². The van der Waals surface area contributed by atoms with E-state index in [9.17, 15) is 0 Å². The van der Waals surface area contributed by atoms with Gasteiger partial charge in [0.15, 0.2) is 0 Å². The van der Waals surface area contributed by atoms with Gasteiger partial charge in [-0.1, -0.05) is 0 Å². The van der Waals surface area contributed by atoms with Crippen LogP contribution in [0.3, 0.4) is 0 Å². The number of nitrogens with zero attached hydrogens (tertiary/aromatic N) is 3. The monoisotopic (exact) mass is 180 g/mol. The summed E-state index contributed by atoms with van der Waals surface area (Å²) < 4.78 is 2.04. The minimum absolute atomic E-state index is 0.732. The van der Waals surface area contributed by atoms with E-state index in [0.29, 0.717) is 0 Å². The van der Waals surface area contributed by atoms with Crippen LogP contribution in [0, 0.1) is 5.92 Å². The molecule has 0 unspecified atom stereocenters. The van der Waals surface area contributed by atoms with E-state index in [1.165, 1.54) is 12.8 Å². The first-order valence-corrected chi connectivity index (χ1v) is 4.97. The molecule has 0 atom stereocenters. The normalized spacial score (nSPS) is 16.4. The lowest BCUT2D eigenvalue weighted by molar-refractivity contribution is 0.531. The van der Waals surface area contributed by atoms with Crippen LogP contribution in [0.4, 0.5) is 0 Å². The molecule has 1 heterocycles. The number of aryl methyl sites for hydroxylation is 1. The molecule has 0 aliphatic heterocycles. The van der Waals surface area contributed by atoms with E-state index < -0.39 is 0 Å². The maximum atomic E-state index is 5.45. The third-order valence-electron chi connectivity index (χ3n) is 2.43. The molecule has 2 rings (SSSR count). The van der Waals surface area contributed by atoms with Crippen LogP contribution in [0.25, 0.3) is 0 Å². The highest BCUT2D eigenvalue weighted by Gasteiger charge is 2.22. The lowest BCUT2D eigenvalue weighted by Crippen LogP contribution is -2.09. The molecule has 1 aliphatic carbocycles. The summed E-state index contributed by atoms with van der Waals surface area (Å²) in [5.74, 6) is 1.95. The van der Waals surface area contributed by atoms with Crippen LogP contribution >= 0.6 is 0 Å². The zero-order valence-electron chi connectivity index (χ0n) is 7.82. The van der Waals surface area contributed by atoms with E-state index in [4.69, 9.17) is 5.73 Å². The van der Waals surface area contributed by atoms with Gasteiger partial charge < -0.3 is 5.73 Å². The lowest BCUT2D eigenvalue weighted by atomic mass is 10.3. The third kappa shape index (κ3) is 2.28. The fourth-order valence-electron chi connectivity index (χ4n) is 1.44. The molecule has 0 bridgehead atoms. The van der Waals surface area contributed by atoms with Crippen molar-refractivity contribution in [1.29, 1.82) is 0 Å². The molecule has 0 spiro atoms. The molecule has 1 saturated carbocycles. The second-order valence-corrected chi connectivity index (χ2v) is 3.69. The van der Waals surface area contributed by atoms with Gasteiger partial charge in [0.1, 0.15) is 12.2 Å². The van der Waals surface area contributed by atoms with Gasteiger partial charge in [-0.15, -0.1) is 0 Å². The maximum absolute atomic E-state index is 5.45. The van der Waals surface area contributed by atoms with Crippen LogP contribution in [0.5, 0.6) is 0 Å². The van der Waals surface area contributed by atoms with Gasteiger partial charge in [-0.2, -0.15) is 5.10 Å². The van der Waals surface area contributed by atoms with Crippen molar-refractivity contribution in [1.82, 2.24) is 14.8 Å². The van der Waals surface area contributed by atoms with Gasteiger partial charge in [0, 0.05) is 13.0 Å². The van der Waals surface area contributed by atoms with Crippen molar-refractivity contribution in [2.45, 2.75) is 32.2 Å². The molecule has 0 saturated heterocycles. The van der Waals surface area contributed by atoms with E-state index in [2.05, 4.69) is 10.1 Å². The predicted molar refractivity (Wildman–Crippen MR) is 50.1 cm³/mol. The zero-order valence-corrected chi connectivity index (χ0v) is 7.82. The average Bonchev–Trinajstić information content (AvgIpc) is 2.82. The minimum Gasteiger partial charge on any atom is -0.330 e. The number of hydrogen-bond acceptors (Lipinski definition) is 3. The number of hydrogen-bond donors (Lipinski definition) is 1. The van der Waals surface area contributed by atoms with Crippen molar-refractivity contribution < 1.29 is 0 Å². The molecule has 0 amide bonds. The Bertz CT molecular complexity index is 264. The van der Waals surface area contributed by atoms with Crippen molar-refractivity contribution in [3.63, 3.8) is 0 Å². The van der Waals surface area contributed by atoms with E-state index >= 15 is 0 Å². The molecule has 13 heavy (non-hydrogen) atoms. The first-order valence-electron chi connectivity index (χ1n) is 4.97. The van der Waals surface area contributed by atoms with Crippen molar-refractivity contribution in [2.75, 3.05) is 6.54 Å². The summed E-state index contributed by atoms with van der Waals surface area (Å²) in [6.45, 7) is 1.79. The lowest BCUT2D eigenvalue weighted by Gasteiger charge is -2.03. The average molecular weight is 180 g/mol. The van der Waals surface area contributed by atoms with Gasteiger partial charge >= 0.3 is 0 Å². The van der Waals surface area contributed by atoms with Crippen molar-refractivity contribution in [3.05, 3.63) is 12.2 Å². The molecule has 1 aromatic rings. The molecule has 1 aromatic heterocycles. The molecule has 4 heteroatoms. The Kier molecular flexibility index (Phi) is 2.59. The smallest absolute Gasteiger partial charge is 0.138 e. The topological polar surface area (TPSA) is 56.7 Å². The van der Waals surface area contributed by atoms with Crippen LogP contribution in [0.2, 0.25) is 0 Å². The standard InChI is InChI=1S/C9H16N4/c10-5-1-2-9-11-7-12-13(9)6-8-3-4-8/h7-8H,1-6,10H2. The first kappa shape index (κ1) is 8.69. The second kappa shape index (κ2) is 3.87. The SMILES string of the molecule is NCCCc1ncnn1CC1CC1. The highest BCUT2D eigenvalue weighted by molar-refractivity contribution is 4.87. The molecule has 1 aliphatic rings. The fourth-order valence-corrected chi connectivity index (χ4v) is 1.44. The molecule has 72 valence electrons. The molecular weight excluding hydrogens is 164 g/mol. The van der Waals surface area contributed by atoms with Crippen LogP contribution in [0.1, 0.15) is 25.1 Å². The number of nitrogens with two attached hydrogens (primary N) is 1. The quantitative estimate of drug-likeness (QED) is 0.721. The van der Waals surface area contributed by atoms with Gasteiger partial charge in [0.05, 0.1) is 0 Å². The minimum atomic E-state index is 0.732. The Labute approximate surface area is 78.1 Å². The molecular formula is C9H16N4. The van der Waals surface area contributed by atoms with E-state index in [1.54, 1.807) is 6.33 Å². The maximum Gasteiger partial charge on any atom is 0.138 e. The van der Waals surface area contributed by atoms with Crippen molar-refractivity contribution in [2.24, 2.45) is 11.7 Å². The van der Waals surface area contributed by atoms with Crippen LogP contribution in [0.15, 0.2) is 6.33 Å². The largest absolute Gasteiger partial charge is 0.330 e. The molecule has 0 aromatic carbocycles. The van der Waals surface area contributed by atoms with E-state index in [1.807, 2.05) is 4.68 Å². The molecule has 2 N–H and O–H groups in total. The predicted octanol–water partition coefficient (Wildman–Crippen LogP) is 0.579. The Morgan fingerprint density at radius 3 is 3.08 bits per heavy atom. The Balaban J connectivity index is 1.93. The van der Waals surface area contributed by atoms with Crippen LogP contribution in [-0.2, 0) is 13.0 Å². The van der Waals surface area contributed by atoms with E-state index in [-0.39, 0.29) is 0 Å². The van der Waals surface area contributed by atoms with Crippen LogP contribution in [-0.4, -0.2) is 21.3 Å². The van der Waals surface area contributed by atoms with Gasteiger partial charge in [-0.3, -0.25) is 0 Å². The Morgan fingerprint density at radius 1 is 1.54 bits per heavy atom. The highest BCUT2D eigenvalue weighted by Crippen LogP contribution is 2.30. The van der Waals surface area contributed by atoms with E-state index in [0.717, 1.165) is 37.7 Å². The number of rotatable bonds is 5. The molecule has 4 nitrogen and oxygen atoms in total. The summed E-state index contributed by atoms with van der Waals surface area (Å²) in [5, 5.41) is 4.21. The Hall–Kier alpha value is -0.900. The van der Waals surface area contributed by atoms with Gasteiger partial charge in [0.2, 0.25) is 0 Å². The van der Waals surface area contributed by atoms with Gasteiger partial charge in [-0.05, 0) is 31.7 Å². The highest BCUT2D eigenvalue weighted by atomic mass is 15.3.